The third-order valence-corrected chi connectivity index (χ3v) is 8.49. The molecule has 3 aromatic carbocycles. The molecule has 0 saturated carbocycles. The molecular weight excluding hydrogens is 468 g/mol. The van der Waals surface area contributed by atoms with E-state index in [0.717, 1.165) is 0 Å². The Morgan fingerprint density at radius 2 is 0.641 bits per heavy atom. The molecule has 0 nitrogen and oxygen atoms in total. The summed E-state index contributed by atoms with van der Waals surface area (Å²) in [5.74, 6) is 3.29. The monoisotopic (exact) mass is 524 g/mol. The van der Waals surface area contributed by atoms with Gasteiger partial charge in [0.25, 0.3) is 0 Å². The summed E-state index contributed by atoms with van der Waals surface area (Å²) < 4.78 is 0. The van der Waals surface area contributed by atoms with Gasteiger partial charge in [0.05, 0.1) is 0 Å². The number of benzene rings is 3. The van der Waals surface area contributed by atoms with Crippen LogP contribution in [0.4, 0.5) is 0 Å². The molecule has 0 aliphatic rings. The average molecular weight is 525 g/mol. The van der Waals surface area contributed by atoms with Gasteiger partial charge >= 0.3 is 0 Å². The summed E-state index contributed by atoms with van der Waals surface area (Å²) >= 11 is 0. The van der Waals surface area contributed by atoms with Crippen LogP contribution in [-0.4, -0.2) is 0 Å². The lowest BCUT2D eigenvalue weighted by Gasteiger charge is -2.29. The van der Waals surface area contributed by atoms with E-state index >= 15 is 0 Å². The fraction of sp³-hybridized carbons (Fsp3) is 0.538. The first-order chi connectivity index (χ1) is 18.2. The standard InChI is InChI=1S/C39H56/c1-22(2)29-18-33(24(5)6)38(34(19-29)25(7)8)31-16-15-17-32(37(31)28(13)14)39-35(26(9)10)20-30(23(3)4)21-36(39)27(11)12/h15-28H,1-14H3. The van der Waals surface area contributed by atoms with Crippen molar-refractivity contribution in [1.82, 2.24) is 0 Å². The topological polar surface area (TPSA) is 0 Å². The van der Waals surface area contributed by atoms with Gasteiger partial charge in [-0.15, -0.1) is 0 Å². The van der Waals surface area contributed by atoms with Crippen molar-refractivity contribution in [3.05, 3.63) is 81.4 Å². The fourth-order valence-corrected chi connectivity index (χ4v) is 6.16. The van der Waals surface area contributed by atoms with E-state index in [0.29, 0.717) is 41.4 Å². The highest BCUT2D eigenvalue weighted by Crippen LogP contribution is 2.47. The smallest absolute Gasteiger partial charge is 0.0111 e. The molecule has 3 rings (SSSR count). The van der Waals surface area contributed by atoms with E-state index in [-0.39, 0.29) is 0 Å². The molecule has 0 aliphatic heterocycles. The number of hydrogen-bond acceptors (Lipinski definition) is 0. The second kappa shape index (κ2) is 12.4. The normalized spacial score (nSPS) is 12.4. The van der Waals surface area contributed by atoms with Gasteiger partial charge in [0, 0.05) is 0 Å². The second-order valence-corrected chi connectivity index (χ2v) is 14.0. The minimum absolute atomic E-state index is 0.408. The van der Waals surface area contributed by atoms with Crippen LogP contribution in [0.1, 0.15) is 177 Å². The zero-order chi connectivity index (χ0) is 29.3. The summed E-state index contributed by atoms with van der Waals surface area (Å²) in [7, 11) is 0. The van der Waals surface area contributed by atoms with Crippen molar-refractivity contribution < 1.29 is 0 Å². The van der Waals surface area contributed by atoms with Crippen LogP contribution in [0.3, 0.4) is 0 Å². The van der Waals surface area contributed by atoms with Crippen molar-refractivity contribution >= 4 is 0 Å². The van der Waals surface area contributed by atoms with E-state index in [1.54, 1.807) is 0 Å². The lowest BCUT2D eigenvalue weighted by molar-refractivity contribution is 0.802. The van der Waals surface area contributed by atoms with E-state index in [4.69, 9.17) is 0 Å². The minimum Gasteiger partial charge on any atom is -0.0610 e. The van der Waals surface area contributed by atoms with E-state index in [1.807, 2.05) is 0 Å². The first-order valence-electron chi connectivity index (χ1n) is 15.7. The zero-order valence-electron chi connectivity index (χ0n) is 27.6. The molecule has 0 atom stereocenters. The van der Waals surface area contributed by atoms with Crippen LogP contribution >= 0.6 is 0 Å². The van der Waals surface area contributed by atoms with Crippen molar-refractivity contribution in [3.8, 4) is 22.3 Å². The van der Waals surface area contributed by atoms with Gasteiger partial charge < -0.3 is 0 Å². The summed E-state index contributed by atoms with van der Waals surface area (Å²) in [4.78, 5) is 0. The van der Waals surface area contributed by atoms with Gasteiger partial charge in [-0.2, -0.15) is 0 Å². The Morgan fingerprint density at radius 1 is 0.359 bits per heavy atom. The molecule has 0 radical (unpaired) electrons. The quantitative estimate of drug-likeness (QED) is 0.261. The number of rotatable bonds is 9. The third kappa shape index (κ3) is 6.37. The SMILES string of the molecule is CC(C)c1cc(C(C)C)c(-c2cccc(-c3c(C(C)C)cc(C(C)C)cc3C(C)C)c2C(C)C)c(C(C)C)c1. The first kappa shape index (κ1) is 31.2. The second-order valence-electron chi connectivity index (χ2n) is 14.0. The molecule has 0 spiro atoms. The Balaban J connectivity index is 2.54. The van der Waals surface area contributed by atoms with Gasteiger partial charge in [-0.1, -0.05) is 139 Å². The number of hydrogen-bond donors (Lipinski definition) is 0. The maximum Gasteiger partial charge on any atom is -0.0111 e. The maximum absolute atomic E-state index is 2.50. The minimum atomic E-state index is 0.408. The summed E-state index contributed by atoms with van der Waals surface area (Å²) in [5.41, 5.74) is 16.2. The lowest BCUT2D eigenvalue weighted by Crippen LogP contribution is -2.08. The summed E-state index contributed by atoms with van der Waals surface area (Å²) in [6.45, 7) is 33.0. The molecule has 0 bridgehead atoms. The molecule has 0 fully saturated rings. The zero-order valence-corrected chi connectivity index (χ0v) is 27.6. The Hall–Kier alpha value is -2.34. The van der Waals surface area contributed by atoms with E-state index in [2.05, 4.69) is 139 Å². The predicted octanol–water partition coefficient (Wildman–Crippen LogP) is 12.9. The van der Waals surface area contributed by atoms with Crippen LogP contribution in [0.25, 0.3) is 22.3 Å². The highest BCUT2D eigenvalue weighted by Gasteiger charge is 2.26. The molecule has 3 aromatic rings. The maximum atomic E-state index is 2.50. The van der Waals surface area contributed by atoms with E-state index < -0.39 is 0 Å². The molecule has 0 aliphatic carbocycles. The van der Waals surface area contributed by atoms with Crippen molar-refractivity contribution in [2.24, 2.45) is 0 Å². The molecule has 0 saturated heterocycles. The van der Waals surface area contributed by atoms with E-state index in [9.17, 15) is 0 Å². The molecule has 0 amide bonds. The van der Waals surface area contributed by atoms with Gasteiger partial charge in [0.1, 0.15) is 0 Å². The Morgan fingerprint density at radius 3 is 0.846 bits per heavy atom. The fourth-order valence-electron chi connectivity index (χ4n) is 6.16. The van der Waals surface area contributed by atoms with Crippen LogP contribution in [0.5, 0.6) is 0 Å². The van der Waals surface area contributed by atoms with Gasteiger partial charge in [-0.05, 0) is 103 Å². The molecule has 0 aromatic heterocycles. The predicted molar refractivity (Wildman–Crippen MR) is 176 cm³/mol. The van der Waals surface area contributed by atoms with Crippen LogP contribution in [0.2, 0.25) is 0 Å². The van der Waals surface area contributed by atoms with Gasteiger partial charge in [-0.3, -0.25) is 0 Å². The summed E-state index contributed by atoms with van der Waals surface area (Å²) in [6.07, 6.45) is 0. The van der Waals surface area contributed by atoms with Crippen molar-refractivity contribution in [2.75, 3.05) is 0 Å². The first-order valence-corrected chi connectivity index (χ1v) is 15.7. The van der Waals surface area contributed by atoms with Gasteiger partial charge in [-0.25, -0.2) is 0 Å². The molecule has 0 unspecified atom stereocenters. The summed E-state index contributed by atoms with van der Waals surface area (Å²) in [6, 6.07) is 17.2. The average Bonchev–Trinajstić information content (AvgIpc) is 2.86. The molecule has 0 heteroatoms. The van der Waals surface area contributed by atoms with Crippen LogP contribution in [-0.2, 0) is 0 Å². The van der Waals surface area contributed by atoms with Crippen molar-refractivity contribution in [3.63, 3.8) is 0 Å². The largest absolute Gasteiger partial charge is 0.0610 e. The third-order valence-electron chi connectivity index (χ3n) is 8.49. The molecular formula is C39H56. The summed E-state index contributed by atoms with van der Waals surface area (Å²) in [5, 5.41) is 0. The lowest BCUT2D eigenvalue weighted by atomic mass is 9.75. The van der Waals surface area contributed by atoms with Gasteiger partial charge in [0.2, 0.25) is 0 Å². The Kier molecular flexibility index (Phi) is 9.96. The van der Waals surface area contributed by atoms with Crippen LogP contribution in [0, 0.1) is 0 Å². The van der Waals surface area contributed by atoms with E-state index in [1.165, 1.54) is 61.2 Å². The molecule has 39 heavy (non-hydrogen) atoms. The Labute approximate surface area is 241 Å². The Bertz CT molecular complexity index is 1130. The van der Waals surface area contributed by atoms with Crippen molar-refractivity contribution in [1.29, 1.82) is 0 Å². The molecule has 0 heterocycles. The van der Waals surface area contributed by atoms with Crippen molar-refractivity contribution in [2.45, 2.75) is 138 Å². The highest BCUT2D eigenvalue weighted by molar-refractivity contribution is 5.86. The molecule has 212 valence electrons. The van der Waals surface area contributed by atoms with Gasteiger partial charge in [0.15, 0.2) is 0 Å². The van der Waals surface area contributed by atoms with Crippen LogP contribution in [0.15, 0.2) is 42.5 Å². The van der Waals surface area contributed by atoms with Crippen LogP contribution < -0.4 is 0 Å². The highest BCUT2D eigenvalue weighted by atomic mass is 14.3. The molecule has 0 N–H and O–H groups in total.